The third-order valence-electron chi connectivity index (χ3n) is 3.22. The maximum absolute atomic E-state index is 5.50. The summed E-state index contributed by atoms with van der Waals surface area (Å²) >= 11 is 0. The van der Waals surface area contributed by atoms with E-state index in [-0.39, 0.29) is 5.41 Å². The van der Waals surface area contributed by atoms with Crippen LogP contribution in [0.1, 0.15) is 39.0 Å². The molecular formula is C15H21NO. The summed E-state index contributed by atoms with van der Waals surface area (Å²) < 4.78 is 5.50. The molecule has 0 bridgehead atoms. The molecule has 2 aromatic rings. The second kappa shape index (κ2) is 4.10. The van der Waals surface area contributed by atoms with Crippen molar-refractivity contribution in [2.75, 3.05) is 7.11 Å². The lowest BCUT2D eigenvalue weighted by atomic mass is 9.86. The highest BCUT2D eigenvalue weighted by molar-refractivity contribution is 5.87. The molecule has 1 heterocycles. The van der Waals surface area contributed by atoms with Crippen molar-refractivity contribution >= 4 is 10.9 Å². The van der Waals surface area contributed by atoms with E-state index in [1.807, 2.05) is 0 Å². The predicted octanol–water partition coefficient (Wildman–Crippen LogP) is 4.04. The lowest BCUT2D eigenvalue weighted by molar-refractivity contribution is 0.418. The molecular weight excluding hydrogens is 210 g/mol. The van der Waals surface area contributed by atoms with Crippen molar-refractivity contribution < 1.29 is 4.74 Å². The highest BCUT2D eigenvalue weighted by atomic mass is 16.5. The molecule has 92 valence electrons. The number of rotatable bonds is 2. The average Bonchev–Trinajstić information content (AvgIpc) is 2.69. The van der Waals surface area contributed by atoms with Crippen molar-refractivity contribution in [3.05, 3.63) is 29.5 Å². The van der Waals surface area contributed by atoms with E-state index in [9.17, 15) is 0 Å². The summed E-state index contributed by atoms with van der Waals surface area (Å²) in [5.74, 6) is 0.961. The van der Waals surface area contributed by atoms with Crippen molar-refractivity contribution in [1.29, 1.82) is 0 Å². The van der Waals surface area contributed by atoms with E-state index in [0.717, 1.165) is 12.2 Å². The van der Waals surface area contributed by atoms with E-state index in [1.165, 1.54) is 22.2 Å². The molecule has 1 N–H and O–H groups in total. The third kappa shape index (κ3) is 2.17. The molecule has 0 saturated heterocycles. The molecule has 2 heteroatoms. The van der Waals surface area contributed by atoms with Crippen LogP contribution in [0, 0.1) is 0 Å². The minimum absolute atomic E-state index is 0.138. The van der Waals surface area contributed by atoms with Gasteiger partial charge in [0.25, 0.3) is 0 Å². The number of hydrogen-bond acceptors (Lipinski definition) is 1. The van der Waals surface area contributed by atoms with Gasteiger partial charge in [-0.3, -0.25) is 0 Å². The lowest BCUT2D eigenvalue weighted by Gasteiger charge is -2.20. The van der Waals surface area contributed by atoms with Gasteiger partial charge in [0.15, 0.2) is 0 Å². The largest absolute Gasteiger partial charge is 0.496 e. The van der Waals surface area contributed by atoms with Crippen LogP contribution in [-0.4, -0.2) is 12.1 Å². The molecule has 17 heavy (non-hydrogen) atoms. The van der Waals surface area contributed by atoms with Crippen molar-refractivity contribution in [3.8, 4) is 5.75 Å². The molecule has 1 aromatic carbocycles. The molecule has 0 unspecified atom stereocenters. The Labute approximate surface area is 103 Å². The number of methoxy groups -OCH3 is 1. The van der Waals surface area contributed by atoms with Crippen LogP contribution in [0.3, 0.4) is 0 Å². The Morgan fingerprint density at radius 1 is 1.18 bits per heavy atom. The Balaban J connectivity index is 2.68. The van der Waals surface area contributed by atoms with Gasteiger partial charge >= 0.3 is 0 Å². The molecule has 2 nitrogen and oxygen atoms in total. The number of hydrogen-bond donors (Lipinski definition) is 1. The van der Waals surface area contributed by atoms with Crippen LogP contribution in [0.5, 0.6) is 5.75 Å². The molecule has 0 spiro atoms. The standard InChI is InChI=1S/C15H21NO/c1-6-11-9-12-13(16-11)7-10(15(2,3)4)8-14(12)17-5/h7-9,16H,6H2,1-5H3. The summed E-state index contributed by atoms with van der Waals surface area (Å²) in [6, 6.07) is 6.56. The Bertz CT molecular complexity index is 532. The summed E-state index contributed by atoms with van der Waals surface area (Å²) in [6.07, 6.45) is 1.02. The van der Waals surface area contributed by atoms with Crippen LogP contribution in [-0.2, 0) is 11.8 Å². The second-order valence-electron chi connectivity index (χ2n) is 5.54. The molecule has 0 radical (unpaired) electrons. The fourth-order valence-corrected chi connectivity index (χ4v) is 2.05. The first-order valence-electron chi connectivity index (χ1n) is 6.16. The maximum Gasteiger partial charge on any atom is 0.128 e. The number of fused-ring (bicyclic) bond motifs is 1. The minimum Gasteiger partial charge on any atom is -0.496 e. The Hall–Kier alpha value is -1.44. The van der Waals surface area contributed by atoms with Crippen molar-refractivity contribution in [1.82, 2.24) is 4.98 Å². The third-order valence-corrected chi connectivity index (χ3v) is 3.22. The second-order valence-corrected chi connectivity index (χ2v) is 5.54. The minimum atomic E-state index is 0.138. The smallest absolute Gasteiger partial charge is 0.128 e. The molecule has 1 aromatic heterocycles. The molecule has 2 rings (SSSR count). The first kappa shape index (κ1) is 12.0. The number of aromatic nitrogens is 1. The summed E-state index contributed by atoms with van der Waals surface area (Å²) in [6.45, 7) is 8.81. The summed E-state index contributed by atoms with van der Waals surface area (Å²) in [5, 5.41) is 1.18. The van der Waals surface area contributed by atoms with Crippen LogP contribution >= 0.6 is 0 Å². The van der Waals surface area contributed by atoms with Gasteiger partial charge in [-0.25, -0.2) is 0 Å². The molecule has 0 amide bonds. The van der Waals surface area contributed by atoms with Crippen molar-refractivity contribution in [2.45, 2.75) is 39.5 Å². The topological polar surface area (TPSA) is 25.0 Å². The van der Waals surface area contributed by atoms with E-state index in [0.29, 0.717) is 0 Å². The van der Waals surface area contributed by atoms with Crippen LogP contribution in [0.15, 0.2) is 18.2 Å². The van der Waals surface area contributed by atoms with Gasteiger partial charge in [-0.15, -0.1) is 0 Å². The van der Waals surface area contributed by atoms with E-state index in [4.69, 9.17) is 4.74 Å². The molecule has 0 aliphatic carbocycles. The zero-order valence-corrected chi connectivity index (χ0v) is 11.3. The fourth-order valence-electron chi connectivity index (χ4n) is 2.05. The molecule has 0 aliphatic rings. The first-order chi connectivity index (χ1) is 7.95. The zero-order valence-electron chi connectivity index (χ0n) is 11.3. The lowest BCUT2D eigenvalue weighted by Crippen LogP contribution is -2.11. The van der Waals surface area contributed by atoms with Gasteiger partial charge in [0.1, 0.15) is 5.75 Å². The van der Waals surface area contributed by atoms with E-state index in [2.05, 4.69) is 50.9 Å². The fraction of sp³-hybridized carbons (Fsp3) is 0.467. The quantitative estimate of drug-likeness (QED) is 0.829. The zero-order chi connectivity index (χ0) is 12.6. The van der Waals surface area contributed by atoms with E-state index >= 15 is 0 Å². The number of nitrogens with one attached hydrogen (secondary N) is 1. The average molecular weight is 231 g/mol. The summed E-state index contributed by atoms with van der Waals surface area (Å²) in [7, 11) is 1.74. The summed E-state index contributed by atoms with van der Waals surface area (Å²) in [4.78, 5) is 3.45. The SMILES string of the molecule is CCc1cc2c(OC)cc(C(C)(C)C)cc2[nH]1. The predicted molar refractivity (Wildman–Crippen MR) is 72.9 cm³/mol. The maximum atomic E-state index is 5.50. The van der Waals surface area contributed by atoms with Crippen LogP contribution in [0.25, 0.3) is 10.9 Å². The van der Waals surface area contributed by atoms with Gasteiger partial charge in [-0.05, 0) is 35.6 Å². The van der Waals surface area contributed by atoms with Gasteiger partial charge in [0, 0.05) is 16.6 Å². The van der Waals surface area contributed by atoms with E-state index in [1.54, 1.807) is 7.11 Å². The molecule has 0 saturated carbocycles. The Morgan fingerprint density at radius 2 is 1.88 bits per heavy atom. The molecule has 0 aliphatic heterocycles. The van der Waals surface area contributed by atoms with Crippen LogP contribution in [0.2, 0.25) is 0 Å². The van der Waals surface area contributed by atoms with Gasteiger partial charge in [-0.1, -0.05) is 27.7 Å². The molecule has 0 fully saturated rings. The number of aromatic amines is 1. The normalized spacial score (nSPS) is 12.1. The van der Waals surface area contributed by atoms with Gasteiger partial charge in [0.05, 0.1) is 7.11 Å². The Kier molecular flexibility index (Phi) is 2.90. The number of H-pyrrole nitrogens is 1. The highest BCUT2D eigenvalue weighted by Crippen LogP contribution is 2.33. The highest BCUT2D eigenvalue weighted by Gasteiger charge is 2.17. The van der Waals surface area contributed by atoms with Gasteiger partial charge in [0.2, 0.25) is 0 Å². The van der Waals surface area contributed by atoms with E-state index < -0.39 is 0 Å². The van der Waals surface area contributed by atoms with Crippen molar-refractivity contribution in [3.63, 3.8) is 0 Å². The molecule has 0 atom stereocenters. The summed E-state index contributed by atoms with van der Waals surface area (Å²) in [5.41, 5.74) is 3.86. The van der Waals surface area contributed by atoms with Gasteiger partial charge < -0.3 is 9.72 Å². The number of aryl methyl sites for hydroxylation is 1. The Morgan fingerprint density at radius 3 is 2.41 bits per heavy atom. The van der Waals surface area contributed by atoms with Crippen LogP contribution < -0.4 is 4.74 Å². The number of benzene rings is 1. The number of ether oxygens (including phenoxy) is 1. The van der Waals surface area contributed by atoms with Crippen LogP contribution in [0.4, 0.5) is 0 Å². The monoisotopic (exact) mass is 231 g/mol. The first-order valence-corrected chi connectivity index (χ1v) is 6.16. The van der Waals surface area contributed by atoms with Gasteiger partial charge in [-0.2, -0.15) is 0 Å². The van der Waals surface area contributed by atoms with Crippen molar-refractivity contribution in [2.24, 2.45) is 0 Å².